The average Bonchev–Trinajstić information content (AvgIpc) is 2.84. The second-order valence-corrected chi connectivity index (χ2v) is 6.57. The molecule has 2 atom stereocenters. The van der Waals surface area contributed by atoms with Crippen LogP contribution in [0.1, 0.15) is 38.7 Å². The van der Waals surface area contributed by atoms with E-state index in [1.54, 1.807) is 26.8 Å². The van der Waals surface area contributed by atoms with Crippen molar-refractivity contribution >= 4 is 17.7 Å². The Kier molecular flexibility index (Phi) is 4.59. The van der Waals surface area contributed by atoms with Gasteiger partial charge in [0.15, 0.2) is 0 Å². The first-order chi connectivity index (χ1) is 9.78. The van der Waals surface area contributed by atoms with Crippen LogP contribution in [0.5, 0.6) is 0 Å². The summed E-state index contributed by atoms with van der Waals surface area (Å²) in [6.45, 7) is 5.29. The van der Waals surface area contributed by atoms with Crippen molar-refractivity contribution in [2.75, 3.05) is 0 Å². The van der Waals surface area contributed by atoms with Crippen LogP contribution in [-0.2, 0) is 4.74 Å². The van der Waals surface area contributed by atoms with Gasteiger partial charge in [-0.1, -0.05) is 35.9 Å². The molecule has 0 spiro atoms. The maximum atomic E-state index is 12.0. The van der Waals surface area contributed by atoms with Crippen LogP contribution in [0.25, 0.3) is 0 Å². The van der Waals surface area contributed by atoms with Crippen molar-refractivity contribution < 1.29 is 14.7 Å². The van der Waals surface area contributed by atoms with Crippen LogP contribution < -0.4 is 0 Å². The molecule has 1 amide bonds. The van der Waals surface area contributed by atoms with Crippen LogP contribution in [0.15, 0.2) is 36.4 Å². The minimum atomic E-state index is -0.733. The normalized spacial score (nSPS) is 21.4. The summed E-state index contributed by atoms with van der Waals surface area (Å²) in [6.07, 6.45) is 3.77. The van der Waals surface area contributed by atoms with Crippen LogP contribution in [0.2, 0.25) is 5.02 Å². The fraction of sp³-hybridized carbons (Fsp3) is 0.438. The van der Waals surface area contributed by atoms with Gasteiger partial charge in [-0.05, 0) is 44.9 Å². The van der Waals surface area contributed by atoms with Gasteiger partial charge in [-0.3, -0.25) is 5.21 Å². The maximum Gasteiger partial charge on any atom is 0.434 e. The van der Waals surface area contributed by atoms with Crippen molar-refractivity contribution in [2.24, 2.45) is 0 Å². The molecule has 1 aromatic carbocycles. The van der Waals surface area contributed by atoms with Gasteiger partial charge in [0, 0.05) is 10.9 Å². The number of benzene rings is 1. The smallest absolute Gasteiger partial charge is 0.434 e. The van der Waals surface area contributed by atoms with E-state index in [2.05, 4.69) is 0 Å². The van der Waals surface area contributed by atoms with Crippen molar-refractivity contribution in [1.29, 1.82) is 0 Å². The number of halogens is 1. The van der Waals surface area contributed by atoms with E-state index >= 15 is 0 Å². The lowest BCUT2D eigenvalue weighted by Crippen LogP contribution is -2.42. The van der Waals surface area contributed by atoms with E-state index in [-0.39, 0.29) is 12.0 Å². The molecule has 4 nitrogen and oxygen atoms in total. The van der Waals surface area contributed by atoms with Crippen molar-refractivity contribution in [3.63, 3.8) is 0 Å². The molecular formula is C16H20ClNO3. The lowest BCUT2D eigenvalue weighted by molar-refractivity contribution is -0.120. The molecule has 0 saturated carbocycles. The molecule has 1 aliphatic carbocycles. The highest BCUT2D eigenvalue weighted by atomic mass is 35.5. The highest BCUT2D eigenvalue weighted by Gasteiger charge is 2.34. The molecule has 114 valence electrons. The van der Waals surface area contributed by atoms with E-state index in [1.807, 2.05) is 30.4 Å². The summed E-state index contributed by atoms with van der Waals surface area (Å²) in [5, 5.41) is 11.5. The molecule has 1 N–H and O–H groups in total. The maximum absolute atomic E-state index is 12.0. The molecule has 0 saturated heterocycles. The Bertz CT molecular complexity index is 551. The molecule has 1 aromatic rings. The Labute approximate surface area is 129 Å². The molecular weight excluding hydrogens is 290 g/mol. The number of carbonyl (C=O) groups is 1. The largest absolute Gasteiger partial charge is 0.442 e. The van der Waals surface area contributed by atoms with Gasteiger partial charge in [0.1, 0.15) is 5.60 Å². The molecule has 0 heterocycles. The SMILES string of the molecule is CC(C)(C)OC(=O)N(O)[C@H]1CC=C[C@H]1c1cccc(Cl)c1. The molecule has 1 aliphatic rings. The van der Waals surface area contributed by atoms with Gasteiger partial charge in [0.05, 0.1) is 6.04 Å². The minimum absolute atomic E-state index is 0.0961. The summed E-state index contributed by atoms with van der Waals surface area (Å²) in [7, 11) is 0. The molecule has 21 heavy (non-hydrogen) atoms. The Balaban J connectivity index is 2.14. The predicted octanol–water partition coefficient (Wildman–Crippen LogP) is 4.38. The van der Waals surface area contributed by atoms with Gasteiger partial charge in [-0.2, -0.15) is 5.06 Å². The third-order valence-electron chi connectivity index (χ3n) is 3.26. The number of rotatable bonds is 2. The highest BCUT2D eigenvalue weighted by molar-refractivity contribution is 6.30. The van der Waals surface area contributed by atoms with E-state index < -0.39 is 11.7 Å². The summed E-state index contributed by atoms with van der Waals surface area (Å²) < 4.78 is 5.20. The average molecular weight is 310 g/mol. The number of carbonyl (C=O) groups excluding carboxylic acids is 1. The molecule has 0 bridgehead atoms. The quantitative estimate of drug-likeness (QED) is 0.501. The third kappa shape index (κ3) is 3.99. The topological polar surface area (TPSA) is 49.8 Å². The van der Waals surface area contributed by atoms with Gasteiger partial charge < -0.3 is 4.74 Å². The van der Waals surface area contributed by atoms with Crippen molar-refractivity contribution in [1.82, 2.24) is 5.06 Å². The predicted molar refractivity (Wildman–Crippen MR) is 81.6 cm³/mol. The zero-order valence-corrected chi connectivity index (χ0v) is 13.2. The minimum Gasteiger partial charge on any atom is -0.442 e. The van der Waals surface area contributed by atoms with Crippen molar-refractivity contribution in [2.45, 2.75) is 44.8 Å². The van der Waals surface area contributed by atoms with Crippen molar-refractivity contribution in [3.8, 4) is 0 Å². The van der Waals surface area contributed by atoms with E-state index in [0.29, 0.717) is 16.5 Å². The fourth-order valence-corrected chi connectivity index (χ4v) is 2.58. The summed E-state index contributed by atoms with van der Waals surface area (Å²) in [6, 6.07) is 7.05. The van der Waals surface area contributed by atoms with Crippen molar-refractivity contribution in [3.05, 3.63) is 47.0 Å². The number of nitrogens with zero attached hydrogens (tertiary/aromatic N) is 1. The van der Waals surface area contributed by atoms with Gasteiger partial charge in [-0.15, -0.1) is 0 Å². The number of amides is 1. The van der Waals surface area contributed by atoms with Gasteiger partial charge >= 0.3 is 6.09 Å². The molecule has 5 heteroatoms. The first kappa shape index (κ1) is 15.9. The molecule has 0 unspecified atom stereocenters. The number of hydrogen-bond acceptors (Lipinski definition) is 3. The Morgan fingerprint density at radius 1 is 1.43 bits per heavy atom. The molecule has 0 aromatic heterocycles. The van der Waals surface area contributed by atoms with E-state index in [9.17, 15) is 10.0 Å². The number of ether oxygens (including phenoxy) is 1. The summed E-state index contributed by atoms with van der Waals surface area (Å²) in [4.78, 5) is 12.0. The van der Waals surface area contributed by atoms with E-state index in [1.165, 1.54) is 0 Å². The molecule has 2 rings (SSSR count). The standard InChI is InChI=1S/C16H20ClNO3/c1-16(2,3)21-15(19)18(20)14-9-5-8-13(14)11-6-4-7-12(17)10-11/h4-8,10,13-14,20H,9H2,1-3H3/t13-,14-/m0/s1. The Morgan fingerprint density at radius 3 is 2.76 bits per heavy atom. The molecule has 0 aliphatic heterocycles. The van der Waals surface area contributed by atoms with E-state index in [4.69, 9.17) is 16.3 Å². The van der Waals surface area contributed by atoms with Crippen LogP contribution in [0.3, 0.4) is 0 Å². The number of hydroxylamine groups is 2. The molecule has 0 radical (unpaired) electrons. The summed E-state index contributed by atoms with van der Waals surface area (Å²) >= 11 is 6.01. The van der Waals surface area contributed by atoms with Crippen LogP contribution >= 0.6 is 11.6 Å². The van der Waals surface area contributed by atoms with Crippen LogP contribution in [-0.4, -0.2) is 28.0 Å². The zero-order valence-electron chi connectivity index (χ0n) is 12.4. The number of hydrogen-bond donors (Lipinski definition) is 1. The van der Waals surface area contributed by atoms with Gasteiger partial charge in [0.2, 0.25) is 0 Å². The Morgan fingerprint density at radius 2 is 2.14 bits per heavy atom. The third-order valence-corrected chi connectivity index (χ3v) is 3.50. The van der Waals surface area contributed by atoms with Gasteiger partial charge in [0.25, 0.3) is 0 Å². The first-order valence-corrected chi connectivity index (χ1v) is 7.29. The Hall–Kier alpha value is -1.52. The second kappa shape index (κ2) is 6.08. The van der Waals surface area contributed by atoms with Crippen LogP contribution in [0.4, 0.5) is 4.79 Å². The molecule has 0 fully saturated rings. The first-order valence-electron chi connectivity index (χ1n) is 6.91. The summed E-state index contributed by atoms with van der Waals surface area (Å²) in [5.41, 5.74) is 0.319. The fourth-order valence-electron chi connectivity index (χ4n) is 2.38. The van der Waals surface area contributed by atoms with Gasteiger partial charge in [-0.25, -0.2) is 4.79 Å². The summed E-state index contributed by atoms with van der Waals surface area (Å²) in [5.74, 6) is -0.0961. The zero-order chi connectivity index (χ0) is 15.6. The lowest BCUT2D eigenvalue weighted by atomic mass is 9.94. The monoisotopic (exact) mass is 309 g/mol. The van der Waals surface area contributed by atoms with Crippen LogP contribution in [0, 0.1) is 0 Å². The lowest BCUT2D eigenvalue weighted by Gasteiger charge is -2.30. The van der Waals surface area contributed by atoms with E-state index in [0.717, 1.165) is 5.56 Å². The highest BCUT2D eigenvalue weighted by Crippen LogP contribution is 2.33. The second-order valence-electron chi connectivity index (χ2n) is 6.14.